The summed E-state index contributed by atoms with van der Waals surface area (Å²) in [5, 5.41) is -0.00711. The Morgan fingerprint density at radius 2 is 1.70 bits per heavy atom. The highest BCUT2D eigenvalue weighted by molar-refractivity contribution is 7.88. The molecule has 0 N–H and O–H groups in total. The summed E-state index contributed by atoms with van der Waals surface area (Å²) in [5.41, 5.74) is -4.48. The van der Waals surface area contributed by atoms with E-state index in [0.717, 1.165) is 11.6 Å². The van der Waals surface area contributed by atoms with Crippen LogP contribution in [0, 0.1) is 12.7 Å². The highest BCUT2D eigenvalue weighted by Gasteiger charge is 2.49. The zero-order chi connectivity index (χ0) is 22.4. The van der Waals surface area contributed by atoms with Gasteiger partial charge in [0, 0.05) is 6.20 Å². The van der Waals surface area contributed by atoms with Crippen LogP contribution in [0.3, 0.4) is 0 Å². The molecular formula is C20H17F4NO4S. The summed E-state index contributed by atoms with van der Waals surface area (Å²) < 4.78 is 80.2. The van der Waals surface area contributed by atoms with Crippen LogP contribution in [0.4, 0.5) is 17.6 Å². The molecule has 0 amide bonds. The first-order valence-electron chi connectivity index (χ1n) is 8.79. The summed E-state index contributed by atoms with van der Waals surface area (Å²) in [4.78, 5) is 13.0. The molecule has 0 aliphatic rings. The number of aromatic nitrogens is 1. The fraction of sp³-hybridized carbons (Fsp3) is 0.250. The zero-order valence-electron chi connectivity index (χ0n) is 16.1. The largest absolute Gasteiger partial charge is 0.534 e. The van der Waals surface area contributed by atoms with Crippen LogP contribution < -0.4 is 9.74 Å². The Bertz CT molecular complexity index is 1290. The molecule has 0 saturated heterocycles. The van der Waals surface area contributed by atoms with Gasteiger partial charge >= 0.3 is 15.6 Å². The summed E-state index contributed by atoms with van der Waals surface area (Å²) in [6, 6.07) is 8.52. The molecule has 0 radical (unpaired) electrons. The molecule has 0 bridgehead atoms. The van der Waals surface area contributed by atoms with E-state index in [4.69, 9.17) is 0 Å². The lowest BCUT2D eigenvalue weighted by Crippen LogP contribution is -2.28. The molecule has 0 atom stereocenters. The average molecular weight is 443 g/mol. The van der Waals surface area contributed by atoms with E-state index in [-0.39, 0.29) is 16.7 Å². The highest BCUT2D eigenvalue weighted by atomic mass is 32.2. The quantitative estimate of drug-likeness (QED) is 0.330. The molecule has 0 aliphatic heterocycles. The molecule has 30 heavy (non-hydrogen) atoms. The van der Waals surface area contributed by atoms with Gasteiger partial charge in [-0.1, -0.05) is 32.0 Å². The van der Waals surface area contributed by atoms with Crippen molar-refractivity contribution in [3.05, 3.63) is 69.9 Å². The summed E-state index contributed by atoms with van der Waals surface area (Å²) in [7, 11) is -6.07. The van der Waals surface area contributed by atoms with Crippen molar-refractivity contribution in [1.29, 1.82) is 0 Å². The summed E-state index contributed by atoms with van der Waals surface area (Å²) in [6.07, 6.45) is 1.51. The van der Waals surface area contributed by atoms with Gasteiger partial charge in [0.2, 0.25) is 0 Å². The van der Waals surface area contributed by atoms with E-state index in [1.54, 1.807) is 45.0 Å². The second-order valence-corrected chi connectivity index (χ2v) is 8.55. The normalized spacial score (nSPS) is 12.5. The number of aryl methyl sites for hydroxylation is 1. The van der Waals surface area contributed by atoms with Crippen molar-refractivity contribution in [3.63, 3.8) is 0 Å². The monoisotopic (exact) mass is 443 g/mol. The van der Waals surface area contributed by atoms with Crippen LogP contribution in [0.2, 0.25) is 0 Å². The van der Waals surface area contributed by atoms with Gasteiger partial charge < -0.3 is 4.18 Å². The Kier molecular flexibility index (Phi) is 5.40. The molecule has 0 unspecified atom stereocenters. The molecule has 1 heterocycles. The first-order valence-corrected chi connectivity index (χ1v) is 10.2. The average Bonchev–Trinajstić information content (AvgIpc) is 2.63. The van der Waals surface area contributed by atoms with Crippen molar-refractivity contribution in [2.24, 2.45) is 0 Å². The molecule has 0 aliphatic carbocycles. The minimum atomic E-state index is -6.07. The van der Waals surface area contributed by atoms with Gasteiger partial charge in [-0.15, -0.1) is 0 Å². The molecule has 0 saturated carbocycles. The lowest BCUT2D eigenvalue weighted by molar-refractivity contribution is -0.0500. The fourth-order valence-corrected chi connectivity index (χ4v) is 3.53. The smallest absolute Gasteiger partial charge is 0.373 e. The van der Waals surface area contributed by atoms with Crippen molar-refractivity contribution in [3.8, 4) is 11.4 Å². The van der Waals surface area contributed by atoms with Gasteiger partial charge in [-0.05, 0) is 47.6 Å². The summed E-state index contributed by atoms with van der Waals surface area (Å²) in [6.45, 7) is 5.34. The van der Waals surface area contributed by atoms with Crippen molar-refractivity contribution < 1.29 is 30.2 Å². The van der Waals surface area contributed by atoms with E-state index >= 15 is 0 Å². The number of para-hydroxylation sites is 1. The van der Waals surface area contributed by atoms with Crippen molar-refractivity contribution >= 4 is 20.9 Å². The standard InChI is InChI=1S/C20H17F4NO4S/c1-11(2)15-10-25(17-7-5-4-6-12(17)3)19(26)14-8-16(21)18(9-13(14)15)29-30(27,28)20(22,23)24/h4-11H,1-3H3. The predicted molar refractivity (Wildman–Crippen MR) is 104 cm³/mol. The fourth-order valence-electron chi connectivity index (χ4n) is 3.07. The van der Waals surface area contributed by atoms with E-state index in [1.165, 1.54) is 10.8 Å². The minimum Gasteiger partial charge on any atom is -0.373 e. The second kappa shape index (κ2) is 7.42. The Labute approximate surface area is 169 Å². The second-order valence-electron chi connectivity index (χ2n) is 7.01. The van der Waals surface area contributed by atoms with Crippen LogP contribution in [0.25, 0.3) is 16.5 Å². The lowest BCUT2D eigenvalue weighted by atomic mass is 9.97. The predicted octanol–water partition coefficient (Wildman–Crippen LogP) is 4.79. The van der Waals surface area contributed by atoms with Crippen molar-refractivity contribution in [2.75, 3.05) is 0 Å². The Balaban J connectivity index is 2.32. The maximum atomic E-state index is 14.5. The Hall–Kier alpha value is -2.88. The van der Waals surface area contributed by atoms with Gasteiger partial charge in [-0.2, -0.15) is 21.6 Å². The van der Waals surface area contributed by atoms with Crippen LogP contribution in [-0.2, 0) is 10.1 Å². The number of hydrogen-bond acceptors (Lipinski definition) is 4. The summed E-state index contributed by atoms with van der Waals surface area (Å²) >= 11 is 0. The van der Waals surface area contributed by atoms with Gasteiger partial charge in [0.1, 0.15) is 0 Å². The molecule has 0 fully saturated rings. The van der Waals surface area contributed by atoms with Crippen LogP contribution in [-0.4, -0.2) is 18.5 Å². The molecule has 10 heteroatoms. The number of benzene rings is 2. The van der Waals surface area contributed by atoms with Gasteiger partial charge in [-0.25, -0.2) is 4.39 Å². The highest BCUT2D eigenvalue weighted by Crippen LogP contribution is 2.33. The lowest BCUT2D eigenvalue weighted by Gasteiger charge is -2.17. The van der Waals surface area contributed by atoms with Crippen LogP contribution in [0.1, 0.15) is 30.9 Å². The van der Waals surface area contributed by atoms with E-state index < -0.39 is 32.8 Å². The topological polar surface area (TPSA) is 65.4 Å². The number of halogens is 4. The van der Waals surface area contributed by atoms with Crippen LogP contribution in [0.5, 0.6) is 5.75 Å². The van der Waals surface area contributed by atoms with Gasteiger partial charge in [0.25, 0.3) is 5.56 Å². The van der Waals surface area contributed by atoms with Crippen molar-refractivity contribution in [1.82, 2.24) is 4.57 Å². The Morgan fingerprint density at radius 1 is 1.07 bits per heavy atom. The molecular weight excluding hydrogens is 426 g/mol. The number of hydrogen-bond donors (Lipinski definition) is 0. The molecule has 3 rings (SSSR count). The van der Waals surface area contributed by atoms with Crippen LogP contribution in [0.15, 0.2) is 47.4 Å². The Morgan fingerprint density at radius 3 is 2.27 bits per heavy atom. The third-order valence-electron chi connectivity index (χ3n) is 4.58. The zero-order valence-corrected chi connectivity index (χ0v) is 16.9. The number of nitrogens with zero attached hydrogens (tertiary/aromatic N) is 1. The molecule has 2 aromatic carbocycles. The molecule has 3 aromatic rings. The minimum absolute atomic E-state index is 0.105. The SMILES string of the molecule is Cc1ccccc1-n1cc(C(C)C)c2cc(OS(=O)(=O)C(F)(F)F)c(F)cc2c1=O. The maximum absolute atomic E-state index is 14.5. The third kappa shape index (κ3) is 3.79. The number of pyridine rings is 1. The molecule has 1 aromatic heterocycles. The first-order chi connectivity index (χ1) is 13.8. The van der Waals surface area contributed by atoms with Gasteiger partial charge in [-0.3, -0.25) is 9.36 Å². The molecule has 5 nitrogen and oxygen atoms in total. The van der Waals surface area contributed by atoms with Gasteiger partial charge in [0.05, 0.1) is 11.1 Å². The maximum Gasteiger partial charge on any atom is 0.534 e. The summed E-state index contributed by atoms with van der Waals surface area (Å²) in [5.74, 6) is -2.75. The van der Waals surface area contributed by atoms with Crippen molar-refractivity contribution in [2.45, 2.75) is 32.2 Å². The number of fused-ring (bicyclic) bond motifs is 1. The van der Waals surface area contributed by atoms with E-state index in [2.05, 4.69) is 4.18 Å². The molecule has 0 spiro atoms. The number of alkyl halides is 3. The van der Waals surface area contributed by atoms with E-state index in [0.29, 0.717) is 17.3 Å². The van der Waals surface area contributed by atoms with E-state index in [1.807, 2.05) is 0 Å². The van der Waals surface area contributed by atoms with Gasteiger partial charge in [0.15, 0.2) is 11.6 Å². The molecule has 160 valence electrons. The van der Waals surface area contributed by atoms with E-state index in [9.17, 15) is 30.8 Å². The number of rotatable bonds is 4. The van der Waals surface area contributed by atoms with Crippen LogP contribution >= 0.6 is 0 Å². The first kappa shape index (κ1) is 21.8. The third-order valence-corrected chi connectivity index (χ3v) is 5.55.